The van der Waals surface area contributed by atoms with Crippen molar-refractivity contribution in [1.82, 2.24) is 9.55 Å². The summed E-state index contributed by atoms with van der Waals surface area (Å²) in [5.74, 6) is -2.44. The second-order valence-electron chi connectivity index (χ2n) is 6.66. The maximum atomic E-state index is 12.6. The Hall–Kier alpha value is -4.35. The minimum Gasteiger partial charge on any atom is -0.497 e. The number of rotatable bonds is 5. The van der Waals surface area contributed by atoms with Crippen LogP contribution in [-0.2, 0) is 4.79 Å². The summed E-state index contributed by atoms with van der Waals surface area (Å²) in [6.07, 6.45) is -5.12. The molecule has 0 unspecified atom stereocenters. The van der Waals surface area contributed by atoms with Crippen LogP contribution in [0.25, 0.3) is 5.69 Å². The van der Waals surface area contributed by atoms with Crippen LogP contribution in [-0.4, -0.2) is 39.6 Å². The SMILES string of the molecule is COc1ccc(-n2c(O)c(C(C)=Nc3ccccc3NC(=O)C(F)(F)F)c(=O)[nH]c2=O)cc1. The van der Waals surface area contributed by atoms with Crippen LogP contribution >= 0.6 is 0 Å². The number of aromatic hydroxyl groups is 1. The van der Waals surface area contributed by atoms with Crippen LogP contribution in [0.2, 0.25) is 0 Å². The van der Waals surface area contributed by atoms with Crippen molar-refractivity contribution < 1.29 is 27.8 Å². The lowest BCUT2D eigenvalue weighted by atomic mass is 10.2. The Bertz CT molecular complexity index is 1340. The molecule has 0 radical (unpaired) electrons. The minimum atomic E-state index is -5.12. The van der Waals surface area contributed by atoms with E-state index in [1.165, 1.54) is 62.6 Å². The van der Waals surface area contributed by atoms with Gasteiger partial charge in [0.2, 0.25) is 5.88 Å². The molecule has 0 saturated heterocycles. The first-order valence-electron chi connectivity index (χ1n) is 9.28. The van der Waals surface area contributed by atoms with Crippen molar-refractivity contribution >= 4 is 23.0 Å². The van der Waals surface area contributed by atoms with Crippen molar-refractivity contribution in [2.75, 3.05) is 12.4 Å². The van der Waals surface area contributed by atoms with E-state index in [0.717, 1.165) is 4.57 Å². The van der Waals surface area contributed by atoms with E-state index in [-0.39, 0.29) is 28.3 Å². The Morgan fingerprint density at radius 2 is 1.76 bits per heavy atom. The van der Waals surface area contributed by atoms with Crippen LogP contribution in [0.1, 0.15) is 12.5 Å². The minimum absolute atomic E-state index is 0.103. The number of aromatic amines is 1. The number of hydrogen-bond donors (Lipinski definition) is 3. The van der Waals surface area contributed by atoms with Crippen molar-refractivity contribution in [3.63, 3.8) is 0 Å². The van der Waals surface area contributed by atoms with Crippen LogP contribution in [0.4, 0.5) is 24.5 Å². The summed E-state index contributed by atoms with van der Waals surface area (Å²) >= 11 is 0. The van der Waals surface area contributed by atoms with Gasteiger partial charge < -0.3 is 15.2 Å². The molecule has 1 aromatic heterocycles. The molecule has 3 rings (SSSR count). The van der Waals surface area contributed by atoms with Gasteiger partial charge in [-0.2, -0.15) is 13.2 Å². The van der Waals surface area contributed by atoms with Gasteiger partial charge in [-0.3, -0.25) is 19.6 Å². The number of para-hydroxylation sites is 2. The fourth-order valence-electron chi connectivity index (χ4n) is 2.93. The quantitative estimate of drug-likeness (QED) is 0.503. The summed E-state index contributed by atoms with van der Waals surface area (Å²) in [6.45, 7) is 1.31. The van der Waals surface area contributed by atoms with Gasteiger partial charge >= 0.3 is 17.8 Å². The molecule has 0 bridgehead atoms. The molecule has 1 amide bonds. The normalized spacial score (nSPS) is 11.8. The first-order chi connectivity index (χ1) is 15.5. The number of amides is 1. The van der Waals surface area contributed by atoms with Gasteiger partial charge in [-0.15, -0.1) is 0 Å². The van der Waals surface area contributed by atoms with E-state index in [1.54, 1.807) is 5.32 Å². The highest BCUT2D eigenvalue weighted by Crippen LogP contribution is 2.28. The van der Waals surface area contributed by atoms with Crippen LogP contribution in [0.5, 0.6) is 11.6 Å². The van der Waals surface area contributed by atoms with Gasteiger partial charge in [0.15, 0.2) is 0 Å². The number of benzene rings is 2. The van der Waals surface area contributed by atoms with Crippen molar-refractivity contribution in [2.45, 2.75) is 13.1 Å². The largest absolute Gasteiger partial charge is 0.497 e. The van der Waals surface area contributed by atoms with Crippen molar-refractivity contribution in [2.24, 2.45) is 4.99 Å². The number of aliphatic imine (C=N–C) groups is 1. The molecule has 0 spiro atoms. The average Bonchev–Trinajstić information content (AvgIpc) is 2.74. The summed E-state index contributed by atoms with van der Waals surface area (Å²) < 4.78 is 43.7. The molecule has 9 nitrogen and oxygen atoms in total. The molecule has 2 aromatic carbocycles. The highest BCUT2D eigenvalue weighted by molar-refractivity contribution is 6.03. The van der Waals surface area contributed by atoms with E-state index in [9.17, 15) is 32.7 Å². The molecule has 0 fully saturated rings. The Morgan fingerprint density at radius 3 is 2.36 bits per heavy atom. The maximum Gasteiger partial charge on any atom is 0.471 e. The van der Waals surface area contributed by atoms with Crippen molar-refractivity contribution in [3.05, 3.63) is 74.9 Å². The topological polar surface area (TPSA) is 126 Å². The Morgan fingerprint density at radius 1 is 1.12 bits per heavy atom. The molecule has 33 heavy (non-hydrogen) atoms. The predicted molar refractivity (Wildman–Crippen MR) is 114 cm³/mol. The molecule has 0 aliphatic heterocycles. The van der Waals surface area contributed by atoms with E-state index in [0.29, 0.717) is 5.75 Å². The first kappa shape index (κ1) is 23.3. The zero-order chi connectivity index (χ0) is 24.3. The monoisotopic (exact) mass is 462 g/mol. The summed E-state index contributed by atoms with van der Waals surface area (Å²) in [5.41, 5.74) is -2.54. The average molecular weight is 462 g/mol. The van der Waals surface area contributed by atoms with Gasteiger partial charge in [0.25, 0.3) is 5.56 Å². The lowest BCUT2D eigenvalue weighted by molar-refractivity contribution is -0.167. The number of anilines is 1. The fourth-order valence-corrected chi connectivity index (χ4v) is 2.93. The Balaban J connectivity index is 2.10. The van der Waals surface area contributed by atoms with Crippen LogP contribution < -0.4 is 21.3 Å². The maximum absolute atomic E-state index is 12.6. The van der Waals surface area contributed by atoms with E-state index in [1.807, 2.05) is 0 Å². The number of nitrogens with zero attached hydrogens (tertiary/aromatic N) is 2. The van der Waals surface area contributed by atoms with Crippen molar-refractivity contribution in [3.8, 4) is 17.3 Å². The molecule has 0 aliphatic rings. The third-order valence-corrected chi connectivity index (χ3v) is 4.48. The van der Waals surface area contributed by atoms with Gasteiger partial charge in [-0.25, -0.2) is 9.36 Å². The molecule has 172 valence electrons. The standard InChI is InChI=1S/C21H17F3N4O5/c1-11(25-14-5-3-4-6-15(14)26-19(31)21(22,23)24)16-17(29)27-20(32)28(18(16)30)12-7-9-13(33-2)10-8-12/h3-10,30H,1-2H3,(H,26,31)(H,27,29,32). The smallest absolute Gasteiger partial charge is 0.471 e. The molecule has 1 heterocycles. The second-order valence-corrected chi connectivity index (χ2v) is 6.66. The van der Waals surface area contributed by atoms with Crippen LogP contribution in [0, 0.1) is 0 Å². The number of methoxy groups -OCH3 is 1. The van der Waals surface area contributed by atoms with Gasteiger partial charge in [0, 0.05) is 0 Å². The number of halogens is 3. The zero-order valence-corrected chi connectivity index (χ0v) is 17.2. The van der Waals surface area contributed by atoms with E-state index >= 15 is 0 Å². The number of alkyl halides is 3. The van der Waals surface area contributed by atoms with E-state index in [2.05, 4.69) is 9.98 Å². The number of ether oxygens (including phenoxy) is 1. The predicted octanol–water partition coefficient (Wildman–Crippen LogP) is 2.88. The molecule has 3 aromatic rings. The number of hydrogen-bond acceptors (Lipinski definition) is 6. The third kappa shape index (κ3) is 4.95. The van der Waals surface area contributed by atoms with Gasteiger partial charge in [0.1, 0.15) is 11.3 Å². The Labute approximate surface area is 183 Å². The fraction of sp³-hybridized carbons (Fsp3) is 0.143. The zero-order valence-electron chi connectivity index (χ0n) is 17.2. The van der Waals surface area contributed by atoms with Crippen LogP contribution in [0.15, 0.2) is 63.1 Å². The van der Waals surface area contributed by atoms with Crippen molar-refractivity contribution in [1.29, 1.82) is 0 Å². The molecular weight excluding hydrogens is 445 g/mol. The molecule has 12 heteroatoms. The van der Waals surface area contributed by atoms with Gasteiger partial charge in [-0.05, 0) is 43.3 Å². The second kappa shape index (κ2) is 9.02. The number of carbonyl (C=O) groups excluding carboxylic acids is 1. The number of carbonyl (C=O) groups is 1. The summed E-state index contributed by atoms with van der Waals surface area (Å²) in [7, 11) is 1.45. The van der Waals surface area contributed by atoms with Gasteiger partial charge in [-0.1, -0.05) is 12.1 Å². The Kier molecular flexibility index (Phi) is 6.38. The number of nitrogens with one attached hydrogen (secondary N) is 2. The molecule has 3 N–H and O–H groups in total. The van der Waals surface area contributed by atoms with E-state index in [4.69, 9.17) is 4.74 Å². The number of aromatic nitrogens is 2. The van der Waals surface area contributed by atoms with Crippen LogP contribution in [0.3, 0.4) is 0 Å². The number of H-pyrrole nitrogens is 1. The highest BCUT2D eigenvalue weighted by Gasteiger charge is 2.39. The first-order valence-corrected chi connectivity index (χ1v) is 9.28. The summed E-state index contributed by atoms with van der Waals surface area (Å²) in [6, 6.07) is 11.3. The molecular formula is C21H17F3N4O5. The lowest BCUT2D eigenvalue weighted by Crippen LogP contribution is -2.32. The molecule has 0 saturated carbocycles. The highest BCUT2D eigenvalue weighted by atomic mass is 19.4. The summed E-state index contributed by atoms with van der Waals surface area (Å²) in [5, 5.41) is 12.4. The molecule has 0 aliphatic carbocycles. The summed E-state index contributed by atoms with van der Waals surface area (Å²) in [4.78, 5) is 42.2. The lowest BCUT2D eigenvalue weighted by Gasteiger charge is -2.13. The molecule has 0 atom stereocenters. The van der Waals surface area contributed by atoms with E-state index < -0.39 is 29.2 Å². The third-order valence-electron chi connectivity index (χ3n) is 4.48. The van der Waals surface area contributed by atoms with Gasteiger partial charge in [0.05, 0.1) is 29.9 Å².